The molecule has 0 atom stereocenters. The number of fused-ring (bicyclic) bond motifs is 1. The summed E-state index contributed by atoms with van der Waals surface area (Å²) in [5.41, 5.74) is 0.905. The lowest BCUT2D eigenvalue weighted by molar-refractivity contribution is -0.127. The summed E-state index contributed by atoms with van der Waals surface area (Å²) in [5, 5.41) is 3.00. The molecule has 0 radical (unpaired) electrons. The van der Waals surface area contributed by atoms with Gasteiger partial charge in [0.25, 0.3) is 0 Å². The molecule has 148 valence electrons. The van der Waals surface area contributed by atoms with Gasteiger partial charge in [0.2, 0.25) is 11.8 Å². The van der Waals surface area contributed by atoms with Crippen molar-refractivity contribution in [2.45, 2.75) is 65.7 Å². The molecule has 5 heteroatoms. The van der Waals surface area contributed by atoms with Crippen LogP contribution in [0, 0.1) is 11.3 Å². The molecule has 1 saturated carbocycles. The van der Waals surface area contributed by atoms with E-state index in [1.54, 1.807) is 4.90 Å². The maximum atomic E-state index is 13.0. The monoisotopic (exact) mass is 372 g/mol. The summed E-state index contributed by atoms with van der Waals surface area (Å²) in [6.07, 6.45) is 7.50. The number of nitrogens with zero attached hydrogens (tertiary/aromatic N) is 1. The number of amides is 2. The molecule has 1 aliphatic carbocycles. The minimum atomic E-state index is -0.571. The summed E-state index contributed by atoms with van der Waals surface area (Å²) in [6.45, 7) is 6.87. The van der Waals surface area contributed by atoms with Gasteiger partial charge >= 0.3 is 0 Å². The quantitative estimate of drug-likeness (QED) is 0.783. The van der Waals surface area contributed by atoms with Crippen LogP contribution in [0.15, 0.2) is 18.2 Å². The lowest BCUT2D eigenvalue weighted by Gasteiger charge is -2.27. The second-order valence-corrected chi connectivity index (χ2v) is 8.55. The van der Waals surface area contributed by atoms with E-state index in [2.05, 4.69) is 12.2 Å². The lowest BCUT2D eigenvalue weighted by Crippen LogP contribution is -2.42. The summed E-state index contributed by atoms with van der Waals surface area (Å²) in [5.74, 6) is 1.51. The predicted molar refractivity (Wildman–Crippen MR) is 108 cm³/mol. The van der Waals surface area contributed by atoms with Gasteiger partial charge < -0.3 is 15.0 Å². The lowest BCUT2D eigenvalue weighted by atomic mass is 9.93. The van der Waals surface area contributed by atoms with Crippen LogP contribution in [0.25, 0.3) is 0 Å². The predicted octanol–water partition coefficient (Wildman–Crippen LogP) is 4.76. The second kappa shape index (κ2) is 8.32. The van der Waals surface area contributed by atoms with Crippen molar-refractivity contribution in [3.05, 3.63) is 18.2 Å². The number of hydrogen-bond donors (Lipinski definition) is 1. The van der Waals surface area contributed by atoms with Crippen LogP contribution >= 0.6 is 0 Å². The van der Waals surface area contributed by atoms with E-state index in [0.717, 1.165) is 24.2 Å². The minimum Gasteiger partial charge on any atom is -0.490 e. The summed E-state index contributed by atoms with van der Waals surface area (Å²) in [4.78, 5) is 27.1. The highest BCUT2D eigenvalue weighted by Crippen LogP contribution is 2.38. The molecule has 3 rings (SSSR count). The molecule has 0 unspecified atom stereocenters. The number of benzene rings is 1. The third kappa shape index (κ3) is 4.63. The van der Waals surface area contributed by atoms with Crippen molar-refractivity contribution in [3.8, 4) is 5.75 Å². The zero-order valence-electron chi connectivity index (χ0n) is 16.8. The third-order valence-electron chi connectivity index (χ3n) is 5.65. The van der Waals surface area contributed by atoms with Crippen LogP contribution in [-0.4, -0.2) is 25.0 Å². The van der Waals surface area contributed by atoms with Crippen molar-refractivity contribution in [1.82, 2.24) is 0 Å². The SMILES string of the molecule is CCCN1C(=O)C(C)(C)COc2ccc(NC(=O)CCC3CCCC3)cc21. The molecule has 1 aromatic rings. The number of rotatable bonds is 6. The Morgan fingerprint density at radius 2 is 2.04 bits per heavy atom. The van der Waals surface area contributed by atoms with E-state index >= 15 is 0 Å². The topological polar surface area (TPSA) is 58.6 Å². The minimum absolute atomic E-state index is 0.0464. The van der Waals surface area contributed by atoms with Gasteiger partial charge in [-0.2, -0.15) is 0 Å². The van der Waals surface area contributed by atoms with E-state index in [1.807, 2.05) is 32.0 Å². The fourth-order valence-electron chi connectivity index (χ4n) is 4.03. The van der Waals surface area contributed by atoms with Gasteiger partial charge in [0.1, 0.15) is 12.4 Å². The third-order valence-corrected chi connectivity index (χ3v) is 5.65. The number of nitrogens with one attached hydrogen (secondary N) is 1. The highest BCUT2D eigenvalue weighted by Gasteiger charge is 2.37. The first kappa shape index (κ1) is 19.7. The van der Waals surface area contributed by atoms with Gasteiger partial charge in [0, 0.05) is 18.7 Å². The highest BCUT2D eigenvalue weighted by molar-refractivity contribution is 6.00. The first-order chi connectivity index (χ1) is 12.9. The molecule has 1 aliphatic heterocycles. The smallest absolute Gasteiger partial charge is 0.236 e. The highest BCUT2D eigenvalue weighted by atomic mass is 16.5. The first-order valence-electron chi connectivity index (χ1n) is 10.3. The number of hydrogen-bond acceptors (Lipinski definition) is 3. The molecule has 27 heavy (non-hydrogen) atoms. The van der Waals surface area contributed by atoms with Gasteiger partial charge in [-0.3, -0.25) is 9.59 Å². The van der Waals surface area contributed by atoms with Crippen molar-refractivity contribution in [1.29, 1.82) is 0 Å². The Morgan fingerprint density at radius 3 is 2.74 bits per heavy atom. The van der Waals surface area contributed by atoms with E-state index in [0.29, 0.717) is 31.2 Å². The number of anilines is 2. The van der Waals surface area contributed by atoms with Crippen LogP contribution in [0.5, 0.6) is 5.75 Å². The second-order valence-electron chi connectivity index (χ2n) is 8.55. The molecular weight excluding hydrogens is 340 g/mol. The van der Waals surface area contributed by atoms with E-state index in [-0.39, 0.29) is 11.8 Å². The van der Waals surface area contributed by atoms with Crippen LogP contribution in [0.1, 0.15) is 65.7 Å². The van der Waals surface area contributed by atoms with Crippen molar-refractivity contribution < 1.29 is 14.3 Å². The number of carbonyl (C=O) groups excluding carboxylic acids is 2. The average molecular weight is 373 g/mol. The Balaban J connectivity index is 1.73. The molecule has 0 aromatic heterocycles. The molecule has 2 amide bonds. The van der Waals surface area contributed by atoms with E-state index in [4.69, 9.17) is 4.74 Å². The van der Waals surface area contributed by atoms with Gasteiger partial charge in [0.15, 0.2) is 0 Å². The van der Waals surface area contributed by atoms with Crippen LogP contribution in [-0.2, 0) is 9.59 Å². The Labute approximate surface area is 162 Å². The van der Waals surface area contributed by atoms with E-state index in [9.17, 15) is 9.59 Å². The summed E-state index contributed by atoms with van der Waals surface area (Å²) in [6, 6.07) is 5.59. The van der Waals surface area contributed by atoms with E-state index < -0.39 is 5.41 Å². The van der Waals surface area contributed by atoms with Crippen molar-refractivity contribution in [3.63, 3.8) is 0 Å². The average Bonchev–Trinajstić information content (AvgIpc) is 3.13. The summed E-state index contributed by atoms with van der Waals surface area (Å²) in [7, 11) is 0. The summed E-state index contributed by atoms with van der Waals surface area (Å²) < 4.78 is 5.91. The fourth-order valence-corrected chi connectivity index (χ4v) is 4.03. The van der Waals surface area contributed by atoms with Crippen molar-refractivity contribution >= 4 is 23.2 Å². The summed E-state index contributed by atoms with van der Waals surface area (Å²) >= 11 is 0. The molecule has 1 heterocycles. The normalized spacial score (nSPS) is 19.4. The van der Waals surface area contributed by atoms with Crippen molar-refractivity contribution in [2.24, 2.45) is 11.3 Å². The van der Waals surface area contributed by atoms with Crippen LogP contribution in [0.3, 0.4) is 0 Å². The number of carbonyl (C=O) groups is 2. The van der Waals surface area contributed by atoms with E-state index in [1.165, 1.54) is 25.7 Å². The van der Waals surface area contributed by atoms with Crippen LogP contribution in [0.4, 0.5) is 11.4 Å². The molecule has 5 nitrogen and oxygen atoms in total. The Morgan fingerprint density at radius 1 is 1.30 bits per heavy atom. The zero-order chi connectivity index (χ0) is 19.4. The van der Waals surface area contributed by atoms with Crippen LogP contribution in [0.2, 0.25) is 0 Å². The number of ether oxygens (including phenoxy) is 1. The Bertz CT molecular complexity index is 693. The molecule has 0 spiro atoms. The maximum absolute atomic E-state index is 13.0. The van der Waals surface area contributed by atoms with Gasteiger partial charge in [-0.05, 0) is 50.8 Å². The Kier molecular flexibility index (Phi) is 6.08. The molecule has 0 bridgehead atoms. The van der Waals surface area contributed by atoms with Gasteiger partial charge in [0.05, 0.1) is 11.1 Å². The molecule has 2 aliphatic rings. The van der Waals surface area contributed by atoms with Crippen molar-refractivity contribution in [2.75, 3.05) is 23.4 Å². The van der Waals surface area contributed by atoms with Gasteiger partial charge in [-0.1, -0.05) is 32.6 Å². The molecule has 0 saturated heterocycles. The standard InChI is InChI=1S/C22H32N2O3/c1-4-13-24-18-14-17(23-20(25)12-9-16-7-5-6-8-16)10-11-19(18)27-15-22(2,3)21(24)26/h10-11,14,16H,4-9,12-13,15H2,1-3H3,(H,23,25). The Hall–Kier alpha value is -2.04. The fraction of sp³-hybridized carbons (Fsp3) is 0.636. The molecule has 1 fully saturated rings. The molecule has 1 N–H and O–H groups in total. The zero-order valence-corrected chi connectivity index (χ0v) is 16.8. The van der Waals surface area contributed by atoms with Gasteiger partial charge in [-0.15, -0.1) is 0 Å². The first-order valence-corrected chi connectivity index (χ1v) is 10.3. The maximum Gasteiger partial charge on any atom is 0.236 e. The molecular formula is C22H32N2O3. The molecule has 1 aromatic carbocycles. The van der Waals surface area contributed by atoms with Gasteiger partial charge in [-0.25, -0.2) is 0 Å². The largest absolute Gasteiger partial charge is 0.490 e. The van der Waals surface area contributed by atoms with Crippen LogP contribution < -0.4 is 15.0 Å².